The number of rotatable bonds is 4. The van der Waals surface area contributed by atoms with Gasteiger partial charge in [-0.3, -0.25) is 9.59 Å². The van der Waals surface area contributed by atoms with E-state index >= 15 is 0 Å². The summed E-state index contributed by atoms with van der Waals surface area (Å²) in [7, 11) is 0. The van der Waals surface area contributed by atoms with Crippen LogP contribution in [0, 0.1) is 5.92 Å². The van der Waals surface area contributed by atoms with Gasteiger partial charge in [0.25, 0.3) is 0 Å². The maximum absolute atomic E-state index is 11.5. The topological polar surface area (TPSA) is 97.1 Å². The molecule has 86 valence electrons. The number of nitrogens with zero attached hydrogens (tertiary/aromatic N) is 2. The fraction of sp³-hybridized carbons (Fsp3) is 0.556. The summed E-state index contributed by atoms with van der Waals surface area (Å²) in [6.07, 6.45) is 2.09. The Labute approximate surface area is 91.6 Å². The molecule has 1 aromatic rings. The van der Waals surface area contributed by atoms with Crippen molar-refractivity contribution < 1.29 is 14.1 Å². The Morgan fingerprint density at radius 1 is 1.69 bits per heavy atom. The number of nitrogens with one attached hydrogen (secondary N) is 2. The first-order chi connectivity index (χ1) is 7.75. The molecule has 2 amide bonds. The highest BCUT2D eigenvalue weighted by molar-refractivity contribution is 5.89. The van der Waals surface area contributed by atoms with Gasteiger partial charge in [-0.15, -0.1) is 0 Å². The van der Waals surface area contributed by atoms with E-state index in [1.807, 2.05) is 0 Å². The molecule has 0 aliphatic carbocycles. The van der Waals surface area contributed by atoms with E-state index < -0.39 is 0 Å². The van der Waals surface area contributed by atoms with Crippen LogP contribution in [0.5, 0.6) is 0 Å². The molecule has 0 radical (unpaired) electrons. The van der Waals surface area contributed by atoms with Crippen LogP contribution < -0.4 is 10.6 Å². The second-order valence-corrected chi connectivity index (χ2v) is 3.58. The molecule has 1 aromatic heterocycles. The lowest BCUT2D eigenvalue weighted by Crippen LogP contribution is -2.33. The summed E-state index contributed by atoms with van der Waals surface area (Å²) < 4.78 is 4.78. The molecule has 1 saturated heterocycles. The minimum Gasteiger partial charge on any atom is -0.355 e. The molecule has 2 N–H and O–H groups in total. The van der Waals surface area contributed by atoms with Crippen molar-refractivity contribution in [3.63, 3.8) is 0 Å². The van der Waals surface area contributed by atoms with Crippen LogP contribution >= 0.6 is 0 Å². The average molecular weight is 224 g/mol. The van der Waals surface area contributed by atoms with Crippen molar-refractivity contribution in [1.29, 1.82) is 0 Å². The van der Waals surface area contributed by atoms with E-state index in [0.717, 1.165) is 0 Å². The first-order valence-corrected chi connectivity index (χ1v) is 5.05. The lowest BCUT2D eigenvalue weighted by Gasteiger charge is -2.07. The molecule has 0 bridgehead atoms. The molecule has 0 aromatic carbocycles. The highest BCUT2D eigenvalue weighted by atomic mass is 16.5. The summed E-state index contributed by atoms with van der Waals surface area (Å²) in [6, 6.07) is 0. The van der Waals surface area contributed by atoms with Crippen LogP contribution in [0.1, 0.15) is 12.3 Å². The van der Waals surface area contributed by atoms with Crippen molar-refractivity contribution in [2.24, 2.45) is 5.92 Å². The van der Waals surface area contributed by atoms with Crippen LogP contribution in [0.25, 0.3) is 0 Å². The van der Waals surface area contributed by atoms with Crippen LogP contribution in [-0.4, -0.2) is 35.0 Å². The van der Waals surface area contributed by atoms with Crippen LogP contribution in [0.3, 0.4) is 0 Å². The van der Waals surface area contributed by atoms with Gasteiger partial charge in [0.05, 0.1) is 5.92 Å². The Morgan fingerprint density at radius 3 is 3.19 bits per heavy atom. The highest BCUT2D eigenvalue weighted by Crippen LogP contribution is 2.08. The molecule has 2 heterocycles. The number of amides is 2. The van der Waals surface area contributed by atoms with E-state index in [2.05, 4.69) is 20.8 Å². The molecule has 0 spiro atoms. The minimum atomic E-state index is -0.254. The number of carbonyl (C=O) groups is 2. The zero-order valence-corrected chi connectivity index (χ0v) is 8.60. The third kappa shape index (κ3) is 2.56. The van der Waals surface area contributed by atoms with Crippen LogP contribution in [0.15, 0.2) is 10.9 Å². The standard InChI is InChI=1S/C9H12N4O3/c14-7-3-6(4-11-7)9(15)10-2-1-8-12-5-13-16-8/h5-6H,1-4H2,(H,10,15)(H,11,14). The molecule has 1 unspecified atom stereocenters. The summed E-state index contributed by atoms with van der Waals surface area (Å²) in [6.45, 7) is 0.858. The Morgan fingerprint density at radius 2 is 2.56 bits per heavy atom. The Bertz CT molecular complexity index is 376. The molecule has 1 atom stereocenters. The van der Waals surface area contributed by atoms with E-state index in [1.54, 1.807) is 0 Å². The Balaban J connectivity index is 1.70. The SMILES string of the molecule is O=C1CC(C(=O)NCCc2ncno2)CN1. The van der Waals surface area contributed by atoms with Crippen molar-refractivity contribution in [3.05, 3.63) is 12.2 Å². The second kappa shape index (κ2) is 4.73. The summed E-state index contributed by atoms with van der Waals surface area (Å²) in [5.74, 6) is 0.0472. The Hall–Kier alpha value is -1.92. The lowest BCUT2D eigenvalue weighted by atomic mass is 10.1. The molecule has 7 heteroatoms. The third-order valence-corrected chi connectivity index (χ3v) is 2.39. The van der Waals surface area contributed by atoms with E-state index in [-0.39, 0.29) is 24.2 Å². The number of hydrogen-bond acceptors (Lipinski definition) is 5. The maximum Gasteiger partial charge on any atom is 0.228 e. The molecule has 7 nitrogen and oxygen atoms in total. The quantitative estimate of drug-likeness (QED) is 0.674. The first kappa shape index (κ1) is 10.6. The van der Waals surface area contributed by atoms with Crippen molar-refractivity contribution in [2.45, 2.75) is 12.8 Å². The molecule has 16 heavy (non-hydrogen) atoms. The molecular formula is C9H12N4O3. The predicted molar refractivity (Wildman–Crippen MR) is 52.1 cm³/mol. The van der Waals surface area contributed by atoms with Crippen molar-refractivity contribution in [3.8, 4) is 0 Å². The van der Waals surface area contributed by atoms with E-state index in [4.69, 9.17) is 4.52 Å². The zero-order chi connectivity index (χ0) is 11.4. The van der Waals surface area contributed by atoms with Crippen molar-refractivity contribution >= 4 is 11.8 Å². The van der Waals surface area contributed by atoms with Crippen molar-refractivity contribution in [2.75, 3.05) is 13.1 Å². The first-order valence-electron chi connectivity index (χ1n) is 5.05. The van der Waals surface area contributed by atoms with Crippen molar-refractivity contribution in [1.82, 2.24) is 20.8 Å². The predicted octanol–water partition coefficient (Wildman–Crippen LogP) is -1.14. The van der Waals surface area contributed by atoms with E-state index in [0.29, 0.717) is 25.4 Å². The van der Waals surface area contributed by atoms with Crippen LogP contribution in [0.4, 0.5) is 0 Å². The molecule has 2 rings (SSSR count). The van der Waals surface area contributed by atoms with Crippen LogP contribution in [-0.2, 0) is 16.0 Å². The minimum absolute atomic E-state index is 0.0722. The van der Waals surface area contributed by atoms with Gasteiger partial charge in [0.1, 0.15) is 0 Å². The van der Waals surface area contributed by atoms with Gasteiger partial charge in [-0.05, 0) is 0 Å². The number of aromatic nitrogens is 2. The van der Waals surface area contributed by atoms with E-state index in [1.165, 1.54) is 6.33 Å². The third-order valence-electron chi connectivity index (χ3n) is 2.39. The fourth-order valence-electron chi connectivity index (χ4n) is 1.53. The largest absolute Gasteiger partial charge is 0.355 e. The second-order valence-electron chi connectivity index (χ2n) is 3.58. The Kier molecular flexibility index (Phi) is 3.13. The summed E-state index contributed by atoms with van der Waals surface area (Å²) >= 11 is 0. The van der Waals surface area contributed by atoms with Crippen LogP contribution in [0.2, 0.25) is 0 Å². The smallest absolute Gasteiger partial charge is 0.228 e. The van der Waals surface area contributed by atoms with Gasteiger partial charge in [0.15, 0.2) is 6.33 Å². The number of carbonyl (C=O) groups excluding carboxylic acids is 2. The van der Waals surface area contributed by atoms with E-state index in [9.17, 15) is 9.59 Å². The summed E-state index contributed by atoms with van der Waals surface area (Å²) in [5.41, 5.74) is 0. The molecular weight excluding hydrogens is 212 g/mol. The normalized spacial score (nSPS) is 19.5. The summed E-state index contributed by atoms with van der Waals surface area (Å²) in [4.78, 5) is 26.3. The summed E-state index contributed by atoms with van der Waals surface area (Å²) in [5, 5.41) is 8.79. The van der Waals surface area contributed by atoms with Gasteiger partial charge >= 0.3 is 0 Å². The van der Waals surface area contributed by atoms with Gasteiger partial charge in [-0.2, -0.15) is 4.98 Å². The molecule has 1 aliphatic rings. The molecule has 0 saturated carbocycles. The van der Waals surface area contributed by atoms with Gasteiger partial charge in [-0.1, -0.05) is 5.16 Å². The molecule has 1 aliphatic heterocycles. The maximum atomic E-state index is 11.5. The average Bonchev–Trinajstić information content (AvgIpc) is 2.89. The molecule has 1 fully saturated rings. The zero-order valence-electron chi connectivity index (χ0n) is 8.60. The highest BCUT2D eigenvalue weighted by Gasteiger charge is 2.27. The monoisotopic (exact) mass is 224 g/mol. The number of hydrogen-bond donors (Lipinski definition) is 2. The lowest BCUT2D eigenvalue weighted by molar-refractivity contribution is -0.126. The van der Waals surface area contributed by atoms with Gasteiger partial charge in [0.2, 0.25) is 17.7 Å². The fourth-order valence-corrected chi connectivity index (χ4v) is 1.53. The van der Waals surface area contributed by atoms with Gasteiger partial charge < -0.3 is 15.2 Å². The van der Waals surface area contributed by atoms with Gasteiger partial charge in [-0.25, -0.2) is 0 Å². The van der Waals surface area contributed by atoms with Gasteiger partial charge in [0, 0.05) is 25.9 Å².